The van der Waals surface area contributed by atoms with Gasteiger partial charge in [0.05, 0.1) is 5.60 Å². The molecule has 110 valence electrons. The molecule has 2 fully saturated rings. The standard InChI is InChI=1S/C15H19F2NO2/c1-18-11-5-6-12(18)9-15(19,8-11)10-3-2-4-13(7-10)20-14(16)17/h2-4,7,11-12,14,19H,5-6,8-9H2,1H3. The van der Waals surface area contributed by atoms with Crippen LogP contribution in [-0.4, -0.2) is 35.7 Å². The second-order valence-electron chi connectivity index (χ2n) is 5.90. The zero-order valence-electron chi connectivity index (χ0n) is 11.4. The van der Waals surface area contributed by atoms with E-state index in [0.717, 1.165) is 12.8 Å². The zero-order chi connectivity index (χ0) is 14.3. The SMILES string of the molecule is CN1C2CCC1CC(O)(c1cccc(OC(F)F)c1)C2. The van der Waals surface area contributed by atoms with Crippen LogP contribution in [0, 0.1) is 0 Å². The molecular weight excluding hydrogens is 264 g/mol. The second kappa shape index (κ2) is 4.97. The largest absolute Gasteiger partial charge is 0.435 e. The number of hydrogen-bond donors (Lipinski definition) is 1. The Bertz CT molecular complexity index is 481. The maximum Gasteiger partial charge on any atom is 0.387 e. The Balaban J connectivity index is 1.85. The van der Waals surface area contributed by atoms with Gasteiger partial charge in [-0.1, -0.05) is 12.1 Å². The number of ether oxygens (including phenoxy) is 1. The number of hydrogen-bond acceptors (Lipinski definition) is 3. The van der Waals surface area contributed by atoms with Crippen LogP contribution in [0.2, 0.25) is 0 Å². The minimum Gasteiger partial charge on any atom is -0.435 e. The van der Waals surface area contributed by atoms with Crippen molar-refractivity contribution in [1.82, 2.24) is 4.90 Å². The molecule has 2 aliphatic heterocycles. The maximum absolute atomic E-state index is 12.3. The normalized spacial score (nSPS) is 33.6. The molecular formula is C15H19F2NO2. The van der Waals surface area contributed by atoms with E-state index >= 15 is 0 Å². The van der Waals surface area contributed by atoms with Crippen LogP contribution < -0.4 is 4.74 Å². The van der Waals surface area contributed by atoms with Gasteiger partial charge in [-0.3, -0.25) is 0 Å². The summed E-state index contributed by atoms with van der Waals surface area (Å²) in [4.78, 5) is 2.33. The van der Waals surface area contributed by atoms with Gasteiger partial charge in [0, 0.05) is 12.1 Å². The van der Waals surface area contributed by atoms with Gasteiger partial charge in [-0.05, 0) is 50.4 Å². The van der Waals surface area contributed by atoms with Crippen molar-refractivity contribution in [2.45, 2.75) is 50.0 Å². The highest BCUT2D eigenvalue weighted by molar-refractivity contribution is 5.33. The summed E-state index contributed by atoms with van der Waals surface area (Å²) >= 11 is 0. The minimum absolute atomic E-state index is 0.109. The Morgan fingerprint density at radius 1 is 1.30 bits per heavy atom. The van der Waals surface area contributed by atoms with Gasteiger partial charge in [0.2, 0.25) is 0 Å². The fraction of sp³-hybridized carbons (Fsp3) is 0.600. The van der Waals surface area contributed by atoms with Gasteiger partial charge >= 0.3 is 6.61 Å². The number of nitrogens with zero attached hydrogens (tertiary/aromatic N) is 1. The number of halogens is 2. The van der Waals surface area contributed by atoms with Crippen molar-refractivity contribution < 1.29 is 18.6 Å². The van der Waals surface area contributed by atoms with Gasteiger partial charge in [0.1, 0.15) is 5.75 Å². The van der Waals surface area contributed by atoms with E-state index in [1.165, 1.54) is 12.1 Å². The van der Waals surface area contributed by atoms with Crippen LogP contribution >= 0.6 is 0 Å². The van der Waals surface area contributed by atoms with Crippen molar-refractivity contribution in [2.24, 2.45) is 0 Å². The van der Waals surface area contributed by atoms with Crippen LogP contribution in [-0.2, 0) is 5.60 Å². The Morgan fingerprint density at radius 2 is 1.95 bits per heavy atom. The summed E-state index contributed by atoms with van der Waals surface area (Å²) in [6.07, 6.45) is 3.49. The first-order chi connectivity index (χ1) is 9.48. The summed E-state index contributed by atoms with van der Waals surface area (Å²) in [6, 6.07) is 7.23. The fourth-order valence-electron chi connectivity index (χ4n) is 3.64. The third-order valence-electron chi connectivity index (χ3n) is 4.73. The van der Waals surface area contributed by atoms with E-state index in [2.05, 4.69) is 16.7 Å². The molecule has 1 aromatic rings. The first-order valence-corrected chi connectivity index (χ1v) is 6.97. The Kier molecular flexibility index (Phi) is 3.42. The molecule has 2 unspecified atom stereocenters. The molecule has 0 aliphatic carbocycles. The molecule has 2 aliphatic rings. The predicted octanol–water partition coefficient (Wildman–Crippen LogP) is 2.73. The summed E-state index contributed by atoms with van der Waals surface area (Å²) in [5.41, 5.74) is -0.250. The van der Waals surface area contributed by atoms with Gasteiger partial charge in [0.25, 0.3) is 0 Å². The van der Waals surface area contributed by atoms with Crippen LogP contribution in [0.1, 0.15) is 31.2 Å². The average molecular weight is 283 g/mol. The molecule has 0 saturated carbocycles. The summed E-state index contributed by atoms with van der Waals surface area (Å²) < 4.78 is 29.0. The van der Waals surface area contributed by atoms with Crippen LogP contribution in [0.25, 0.3) is 0 Å². The van der Waals surface area contributed by atoms with Crippen molar-refractivity contribution in [3.05, 3.63) is 29.8 Å². The van der Waals surface area contributed by atoms with Crippen molar-refractivity contribution in [3.8, 4) is 5.75 Å². The predicted molar refractivity (Wildman–Crippen MR) is 70.8 cm³/mol. The Labute approximate surface area is 117 Å². The molecule has 2 atom stereocenters. The summed E-state index contributed by atoms with van der Waals surface area (Å²) in [5.74, 6) is 0.109. The van der Waals surface area contributed by atoms with Crippen molar-refractivity contribution in [2.75, 3.05) is 7.05 Å². The highest BCUT2D eigenvalue weighted by Crippen LogP contribution is 2.45. The third kappa shape index (κ3) is 2.40. The zero-order valence-corrected chi connectivity index (χ0v) is 11.4. The van der Waals surface area contributed by atoms with E-state index in [9.17, 15) is 13.9 Å². The number of rotatable bonds is 3. The molecule has 2 heterocycles. The van der Waals surface area contributed by atoms with Gasteiger partial charge < -0.3 is 14.7 Å². The number of alkyl halides is 2. The Hall–Kier alpha value is -1.20. The van der Waals surface area contributed by atoms with Crippen molar-refractivity contribution in [1.29, 1.82) is 0 Å². The molecule has 3 nitrogen and oxygen atoms in total. The van der Waals surface area contributed by atoms with Gasteiger partial charge in [0.15, 0.2) is 0 Å². The van der Waals surface area contributed by atoms with Crippen LogP contribution in [0.15, 0.2) is 24.3 Å². The van der Waals surface area contributed by atoms with Gasteiger partial charge in [-0.2, -0.15) is 8.78 Å². The molecule has 0 radical (unpaired) electrons. The topological polar surface area (TPSA) is 32.7 Å². The van der Waals surface area contributed by atoms with Crippen molar-refractivity contribution >= 4 is 0 Å². The lowest BCUT2D eigenvalue weighted by molar-refractivity contribution is -0.0552. The highest BCUT2D eigenvalue weighted by Gasteiger charge is 2.46. The van der Waals surface area contributed by atoms with Crippen LogP contribution in [0.4, 0.5) is 8.78 Å². The van der Waals surface area contributed by atoms with Crippen molar-refractivity contribution in [3.63, 3.8) is 0 Å². The number of benzene rings is 1. The lowest BCUT2D eigenvalue weighted by Gasteiger charge is -2.42. The lowest BCUT2D eigenvalue weighted by Crippen LogP contribution is -2.47. The Morgan fingerprint density at radius 3 is 2.55 bits per heavy atom. The van der Waals surface area contributed by atoms with E-state index in [-0.39, 0.29) is 5.75 Å². The van der Waals surface area contributed by atoms with E-state index in [1.807, 2.05) is 0 Å². The van der Waals surface area contributed by atoms with Crippen LogP contribution in [0.3, 0.4) is 0 Å². The molecule has 1 aromatic carbocycles. The minimum atomic E-state index is -2.84. The van der Waals surface area contributed by atoms with E-state index in [1.54, 1.807) is 12.1 Å². The average Bonchev–Trinajstić information content (AvgIpc) is 2.62. The molecule has 0 amide bonds. The molecule has 5 heteroatoms. The monoisotopic (exact) mass is 283 g/mol. The third-order valence-corrected chi connectivity index (χ3v) is 4.73. The summed E-state index contributed by atoms with van der Waals surface area (Å²) in [5, 5.41) is 10.9. The smallest absolute Gasteiger partial charge is 0.387 e. The maximum atomic E-state index is 12.3. The number of aliphatic hydroxyl groups is 1. The number of fused-ring (bicyclic) bond motifs is 2. The fourth-order valence-corrected chi connectivity index (χ4v) is 3.64. The molecule has 20 heavy (non-hydrogen) atoms. The highest BCUT2D eigenvalue weighted by atomic mass is 19.3. The molecule has 2 bridgehead atoms. The van der Waals surface area contributed by atoms with E-state index in [4.69, 9.17) is 0 Å². The number of piperidine rings is 1. The molecule has 0 aromatic heterocycles. The first-order valence-electron chi connectivity index (χ1n) is 6.97. The molecule has 3 rings (SSSR count). The molecule has 2 saturated heterocycles. The van der Waals surface area contributed by atoms with E-state index in [0.29, 0.717) is 30.5 Å². The molecule has 1 N–H and O–H groups in total. The van der Waals surface area contributed by atoms with Gasteiger partial charge in [-0.25, -0.2) is 0 Å². The second-order valence-corrected chi connectivity index (χ2v) is 5.90. The summed E-state index contributed by atoms with van der Waals surface area (Å²) in [7, 11) is 2.10. The quantitative estimate of drug-likeness (QED) is 0.926. The van der Waals surface area contributed by atoms with Gasteiger partial charge in [-0.15, -0.1) is 0 Å². The molecule has 0 spiro atoms. The van der Waals surface area contributed by atoms with Crippen LogP contribution in [0.5, 0.6) is 5.75 Å². The van der Waals surface area contributed by atoms with E-state index < -0.39 is 12.2 Å². The lowest BCUT2D eigenvalue weighted by atomic mass is 9.80. The first kappa shape index (κ1) is 13.8. The summed E-state index contributed by atoms with van der Waals surface area (Å²) in [6.45, 7) is -2.84.